The van der Waals surface area contributed by atoms with Crippen LogP contribution in [0.2, 0.25) is 5.02 Å². The first kappa shape index (κ1) is 25.4. The molecule has 7 nitrogen and oxygen atoms in total. The molecule has 0 unspecified atom stereocenters. The summed E-state index contributed by atoms with van der Waals surface area (Å²) in [5.74, 6) is 0.405. The third-order valence-corrected chi connectivity index (χ3v) is 7.58. The highest BCUT2D eigenvalue weighted by molar-refractivity contribution is 6.30. The lowest BCUT2D eigenvalue weighted by atomic mass is 9.89. The molecule has 6 rings (SSSR count). The molecule has 0 spiro atoms. The van der Waals surface area contributed by atoms with Gasteiger partial charge < -0.3 is 9.30 Å². The summed E-state index contributed by atoms with van der Waals surface area (Å²) in [4.78, 5) is 4.75. The molecule has 0 atom stereocenters. The van der Waals surface area contributed by atoms with Crippen molar-refractivity contribution in [3.05, 3.63) is 76.8 Å². The quantitative estimate of drug-likeness (QED) is 0.225. The van der Waals surface area contributed by atoms with Crippen molar-refractivity contribution < 1.29 is 13.5 Å². The van der Waals surface area contributed by atoms with Crippen LogP contribution in [0.5, 0.6) is 5.75 Å². The van der Waals surface area contributed by atoms with Gasteiger partial charge in [0.15, 0.2) is 11.6 Å². The van der Waals surface area contributed by atoms with Gasteiger partial charge in [0.05, 0.1) is 23.2 Å². The Morgan fingerprint density at radius 2 is 1.77 bits per heavy atom. The fourth-order valence-electron chi connectivity index (χ4n) is 5.32. The molecule has 2 aromatic heterocycles. The SMILES string of the molecule is Fc1cc2nc(-c3ccc(Cl)cc3OCCc3ccc(-c4nn[nH]n4)cc3)n(CC3CCCCC3)c2cc1F. The van der Waals surface area contributed by atoms with Crippen LogP contribution in [0.3, 0.4) is 0 Å². The van der Waals surface area contributed by atoms with Crippen LogP contribution in [-0.4, -0.2) is 36.8 Å². The van der Waals surface area contributed by atoms with E-state index < -0.39 is 11.6 Å². The van der Waals surface area contributed by atoms with Crippen molar-refractivity contribution in [1.29, 1.82) is 0 Å². The lowest BCUT2D eigenvalue weighted by molar-refractivity contribution is 0.319. The summed E-state index contributed by atoms with van der Waals surface area (Å²) in [5, 5.41) is 14.6. The minimum atomic E-state index is -0.908. The lowest BCUT2D eigenvalue weighted by Gasteiger charge is -2.23. The van der Waals surface area contributed by atoms with Gasteiger partial charge in [0.2, 0.25) is 5.82 Å². The van der Waals surface area contributed by atoms with Gasteiger partial charge in [-0.05, 0) is 47.7 Å². The molecule has 0 amide bonds. The number of fused-ring (bicyclic) bond motifs is 1. The Kier molecular flexibility index (Phi) is 7.24. The minimum Gasteiger partial charge on any atom is -0.492 e. The first-order valence-corrected chi connectivity index (χ1v) is 13.5. The monoisotopic (exact) mass is 548 g/mol. The average molecular weight is 549 g/mol. The van der Waals surface area contributed by atoms with Gasteiger partial charge in [-0.1, -0.05) is 55.1 Å². The second-order valence-electron chi connectivity index (χ2n) is 9.98. The molecule has 0 saturated heterocycles. The molecule has 10 heteroatoms. The third kappa shape index (κ3) is 5.49. The number of ether oxygens (including phenoxy) is 1. The van der Waals surface area contributed by atoms with Gasteiger partial charge in [0.1, 0.15) is 11.6 Å². The number of hydrogen-bond donors (Lipinski definition) is 1. The van der Waals surface area contributed by atoms with E-state index in [1.165, 1.54) is 31.4 Å². The number of imidazole rings is 1. The number of aromatic nitrogens is 6. The smallest absolute Gasteiger partial charge is 0.204 e. The Hall–Kier alpha value is -3.85. The van der Waals surface area contributed by atoms with Crippen LogP contribution in [0, 0.1) is 17.6 Å². The van der Waals surface area contributed by atoms with E-state index in [1.54, 1.807) is 12.1 Å². The first-order valence-electron chi connectivity index (χ1n) is 13.2. The number of nitrogens with one attached hydrogen (secondary N) is 1. The summed E-state index contributed by atoms with van der Waals surface area (Å²) in [6.45, 7) is 1.09. The first-order chi connectivity index (χ1) is 19.0. The number of nitrogens with zero attached hydrogens (tertiary/aromatic N) is 5. The van der Waals surface area contributed by atoms with Crippen molar-refractivity contribution in [2.75, 3.05) is 6.61 Å². The minimum absolute atomic E-state index is 0.404. The maximum absolute atomic E-state index is 14.3. The Balaban J connectivity index is 1.28. The maximum Gasteiger partial charge on any atom is 0.204 e. The number of rotatable bonds is 8. The zero-order valence-corrected chi connectivity index (χ0v) is 22.0. The summed E-state index contributed by atoms with van der Waals surface area (Å²) >= 11 is 6.36. The summed E-state index contributed by atoms with van der Waals surface area (Å²) in [6, 6.07) is 15.7. The van der Waals surface area contributed by atoms with Crippen molar-refractivity contribution in [2.24, 2.45) is 5.92 Å². The molecule has 1 fully saturated rings. The third-order valence-electron chi connectivity index (χ3n) is 7.35. The molecule has 0 aliphatic heterocycles. The largest absolute Gasteiger partial charge is 0.492 e. The molecule has 1 aliphatic carbocycles. The lowest BCUT2D eigenvalue weighted by Crippen LogP contribution is -2.15. The van der Waals surface area contributed by atoms with E-state index >= 15 is 0 Å². The van der Waals surface area contributed by atoms with E-state index in [9.17, 15) is 8.78 Å². The highest BCUT2D eigenvalue weighted by atomic mass is 35.5. The number of hydrogen-bond acceptors (Lipinski definition) is 5. The Morgan fingerprint density at radius 1 is 0.974 bits per heavy atom. The van der Waals surface area contributed by atoms with E-state index in [-0.39, 0.29) is 0 Å². The van der Waals surface area contributed by atoms with Crippen molar-refractivity contribution >= 4 is 22.6 Å². The van der Waals surface area contributed by atoms with E-state index in [0.29, 0.717) is 58.9 Å². The van der Waals surface area contributed by atoms with Crippen LogP contribution in [0.25, 0.3) is 33.8 Å². The molecule has 1 saturated carbocycles. The van der Waals surface area contributed by atoms with Gasteiger partial charge in [-0.15, -0.1) is 10.2 Å². The summed E-state index contributed by atoms with van der Waals surface area (Å²) < 4.78 is 36.7. The second kappa shape index (κ2) is 11.1. The molecule has 5 aromatic rings. The predicted octanol–water partition coefficient (Wildman–Crippen LogP) is 7.02. The molecular formula is C29H27ClF2N6O. The Morgan fingerprint density at radius 3 is 2.54 bits per heavy atom. The van der Waals surface area contributed by atoms with E-state index in [2.05, 4.69) is 20.6 Å². The van der Waals surface area contributed by atoms with Crippen LogP contribution in [0.15, 0.2) is 54.6 Å². The highest BCUT2D eigenvalue weighted by Gasteiger charge is 2.22. The van der Waals surface area contributed by atoms with Crippen LogP contribution in [0.4, 0.5) is 8.78 Å². The molecule has 200 valence electrons. The van der Waals surface area contributed by atoms with E-state index in [4.69, 9.17) is 21.3 Å². The Labute approximate surface area is 229 Å². The molecule has 1 aliphatic rings. The van der Waals surface area contributed by atoms with Gasteiger partial charge in [0, 0.05) is 35.7 Å². The second-order valence-corrected chi connectivity index (χ2v) is 10.4. The highest BCUT2D eigenvalue weighted by Crippen LogP contribution is 2.36. The fourth-order valence-corrected chi connectivity index (χ4v) is 5.48. The van der Waals surface area contributed by atoms with Gasteiger partial charge in [-0.25, -0.2) is 13.8 Å². The molecule has 39 heavy (non-hydrogen) atoms. The molecular weight excluding hydrogens is 522 g/mol. The van der Waals surface area contributed by atoms with Crippen molar-refractivity contribution in [2.45, 2.75) is 45.1 Å². The number of tetrazole rings is 1. The van der Waals surface area contributed by atoms with Gasteiger partial charge in [0.25, 0.3) is 0 Å². The van der Waals surface area contributed by atoms with Crippen molar-refractivity contribution in [3.63, 3.8) is 0 Å². The van der Waals surface area contributed by atoms with Crippen LogP contribution in [0.1, 0.15) is 37.7 Å². The Bertz CT molecular complexity index is 1580. The zero-order valence-electron chi connectivity index (χ0n) is 21.2. The van der Waals surface area contributed by atoms with Gasteiger partial charge >= 0.3 is 0 Å². The molecule has 0 bridgehead atoms. The number of aromatic amines is 1. The van der Waals surface area contributed by atoms with E-state index in [1.807, 2.05) is 34.9 Å². The number of benzene rings is 3. The van der Waals surface area contributed by atoms with Crippen molar-refractivity contribution in [3.8, 4) is 28.5 Å². The standard InChI is InChI=1S/C29H27ClF2N6O/c30-21-10-11-22(27(14-21)39-13-12-18-6-8-20(9-7-18)28-34-36-37-35-28)29-33-25-15-23(31)24(32)16-26(25)38(29)17-19-4-2-1-3-5-19/h6-11,14-16,19H,1-5,12-13,17H2,(H,34,35,36,37). The van der Waals surface area contributed by atoms with Crippen LogP contribution in [-0.2, 0) is 13.0 Å². The van der Waals surface area contributed by atoms with Crippen LogP contribution < -0.4 is 4.74 Å². The maximum atomic E-state index is 14.3. The fraction of sp³-hybridized carbons (Fsp3) is 0.310. The van der Waals surface area contributed by atoms with Gasteiger partial charge in [-0.2, -0.15) is 5.21 Å². The zero-order chi connectivity index (χ0) is 26.8. The predicted molar refractivity (Wildman–Crippen MR) is 145 cm³/mol. The molecule has 2 heterocycles. The summed E-state index contributed by atoms with van der Waals surface area (Å²) in [6.07, 6.45) is 6.48. The number of H-pyrrole nitrogens is 1. The van der Waals surface area contributed by atoms with E-state index in [0.717, 1.165) is 29.5 Å². The normalized spacial score (nSPS) is 14.2. The van der Waals surface area contributed by atoms with Gasteiger partial charge in [-0.3, -0.25) is 0 Å². The van der Waals surface area contributed by atoms with Crippen molar-refractivity contribution in [1.82, 2.24) is 30.2 Å². The average Bonchev–Trinajstić information content (AvgIpc) is 3.60. The molecule has 3 aromatic carbocycles. The van der Waals surface area contributed by atoms with Crippen LogP contribution >= 0.6 is 11.6 Å². The molecule has 1 N–H and O–H groups in total. The number of halogens is 3. The topological polar surface area (TPSA) is 81.5 Å². The summed E-state index contributed by atoms with van der Waals surface area (Å²) in [5.41, 5.74) is 3.69. The summed E-state index contributed by atoms with van der Waals surface area (Å²) in [7, 11) is 0. The molecule has 0 radical (unpaired) electrons.